The number of nitrogens with zero attached hydrogens (tertiary/aromatic N) is 2. The number of β-amino-alcohol motifs (C(OH)–C–C–N with tert-alkyl or cyclic N) is 1. The molecule has 8 heteroatoms. The second-order valence-corrected chi connectivity index (χ2v) is 9.19. The maximum absolute atomic E-state index is 14.5. The van der Waals surface area contributed by atoms with Gasteiger partial charge in [-0.3, -0.25) is 9.69 Å². The number of nitrogens with two attached hydrogens (primary N) is 1. The van der Waals surface area contributed by atoms with Crippen LogP contribution in [-0.2, 0) is 17.7 Å². The van der Waals surface area contributed by atoms with Crippen LogP contribution in [0.3, 0.4) is 0 Å². The second kappa shape index (κ2) is 7.93. The highest BCUT2D eigenvalue weighted by Gasteiger charge is 2.41. The number of amides is 1. The van der Waals surface area contributed by atoms with Gasteiger partial charge in [-0.2, -0.15) is 0 Å². The number of hydrogen-bond donors (Lipinski definition) is 2. The van der Waals surface area contributed by atoms with Crippen LogP contribution in [-0.4, -0.2) is 51.8 Å². The molecule has 0 bridgehead atoms. The maximum Gasteiger partial charge on any atom is 0.267 e. The molecule has 1 saturated heterocycles. The Balaban J connectivity index is 1.66. The lowest BCUT2D eigenvalue weighted by Crippen LogP contribution is -2.53. The summed E-state index contributed by atoms with van der Waals surface area (Å²) in [6, 6.07) is 4.85. The molecule has 0 spiro atoms. The molecule has 2 aliphatic rings. The fraction of sp³-hybridized carbons (Fsp3) is 0.478. The third-order valence-corrected chi connectivity index (χ3v) is 6.07. The minimum absolute atomic E-state index is 0.0326. The van der Waals surface area contributed by atoms with Crippen LogP contribution in [0.4, 0.5) is 8.78 Å². The Bertz CT molecular complexity index is 1030. The van der Waals surface area contributed by atoms with Crippen LogP contribution in [0.2, 0.25) is 0 Å². The lowest BCUT2D eigenvalue weighted by Gasteiger charge is -2.44. The van der Waals surface area contributed by atoms with Gasteiger partial charge in [0.05, 0.1) is 23.5 Å². The van der Waals surface area contributed by atoms with E-state index in [1.807, 2.05) is 13.8 Å². The Morgan fingerprint density at radius 2 is 2.06 bits per heavy atom. The van der Waals surface area contributed by atoms with Gasteiger partial charge in [-0.05, 0) is 49.6 Å². The lowest BCUT2D eigenvalue weighted by molar-refractivity contribution is -0.152. The van der Waals surface area contributed by atoms with Crippen molar-refractivity contribution in [3.63, 3.8) is 0 Å². The molecule has 1 atom stereocenters. The largest absolute Gasteiger partial charge is 0.388 e. The van der Waals surface area contributed by atoms with Crippen molar-refractivity contribution in [1.29, 1.82) is 0 Å². The Labute approximate surface area is 180 Å². The van der Waals surface area contributed by atoms with Crippen molar-refractivity contribution in [2.75, 3.05) is 19.7 Å². The molecule has 2 aromatic rings. The number of primary amides is 1. The first kappa shape index (κ1) is 21.8. The lowest BCUT2D eigenvalue weighted by atomic mass is 9.83. The van der Waals surface area contributed by atoms with Gasteiger partial charge in [0.2, 0.25) is 0 Å². The van der Waals surface area contributed by atoms with Gasteiger partial charge in [0.25, 0.3) is 5.91 Å². The van der Waals surface area contributed by atoms with E-state index >= 15 is 0 Å². The number of carbonyl (C=O) groups excluding carboxylic acids is 1. The van der Waals surface area contributed by atoms with Crippen LogP contribution in [0.15, 0.2) is 24.3 Å². The third kappa shape index (κ3) is 4.61. The molecular weight excluding hydrogens is 404 g/mol. The van der Waals surface area contributed by atoms with Gasteiger partial charge in [0.15, 0.2) is 0 Å². The quantitative estimate of drug-likeness (QED) is 0.777. The highest BCUT2D eigenvalue weighted by molar-refractivity contribution is 5.92. The van der Waals surface area contributed by atoms with Gasteiger partial charge in [-0.25, -0.2) is 13.8 Å². The summed E-state index contributed by atoms with van der Waals surface area (Å²) >= 11 is 0. The molecule has 6 nitrogen and oxygen atoms in total. The van der Waals surface area contributed by atoms with Gasteiger partial charge < -0.3 is 15.6 Å². The molecule has 3 N–H and O–H groups in total. The first-order valence-corrected chi connectivity index (χ1v) is 10.4. The molecule has 0 radical (unpaired) electrons. The summed E-state index contributed by atoms with van der Waals surface area (Å²) in [5, 5.41) is 11.1. The van der Waals surface area contributed by atoms with Crippen LogP contribution in [0, 0.1) is 11.6 Å². The van der Waals surface area contributed by atoms with Crippen LogP contribution in [0.1, 0.15) is 48.4 Å². The summed E-state index contributed by atoms with van der Waals surface area (Å²) in [5.41, 5.74) is 6.36. The third-order valence-electron chi connectivity index (χ3n) is 6.07. The summed E-state index contributed by atoms with van der Waals surface area (Å²) in [7, 11) is 0. The van der Waals surface area contributed by atoms with Crippen molar-refractivity contribution in [3.8, 4) is 11.1 Å². The van der Waals surface area contributed by atoms with Crippen LogP contribution in [0.25, 0.3) is 11.1 Å². The van der Waals surface area contributed by atoms with E-state index in [4.69, 9.17) is 10.5 Å². The summed E-state index contributed by atoms with van der Waals surface area (Å²) in [4.78, 5) is 18.4. The van der Waals surface area contributed by atoms with Crippen LogP contribution < -0.4 is 5.73 Å². The normalized spacial score (nSPS) is 23.4. The zero-order chi connectivity index (χ0) is 22.4. The number of hydrogen-bond acceptors (Lipinski definition) is 5. The van der Waals surface area contributed by atoms with Crippen molar-refractivity contribution < 1.29 is 23.4 Å². The first-order valence-electron chi connectivity index (χ1n) is 10.4. The molecule has 3 heterocycles. The molecule has 4 rings (SSSR count). The Morgan fingerprint density at radius 3 is 2.74 bits per heavy atom. The molecule has 0 unspecified atom stereocenters. The Kier molecular flexibility index (Phi) is 5.57. The van der Waals surface area contributed by atoms with E-state index in [0.29, 0.717) is 56.8 Å². The number of benzene rings is 1. The minimum atomic E-state index is -0.882. The number of carbonyl (C=O) groups is 1. The number of halogens is 2. The van der Waals surface area contributed by atoms with Gasteiger partial charge >= 0.3 is 0 Å². The monoisotopic (exact) mass is 431 g/mol. The van der Waals surface area contributed by atoms with Gasteiger partial charge in [-0.15, -0.1) is 0 Å². The molecule has 1 aromatic heterocycles. The Hall–Kier alpha value is -2.42. The van der Waals surface area contributed by atoms with Crippen LogP contribution in [0.5, 0.6) is 0 Å². The van der Waals surface area contributed by atoms with Crippen molar-refractivity contribution in [3.05, 3.63) is 52.9 Å². The molecule has 0 aliphatic carbocycles. The molecule has 1 aromatic carbocycles. The zero-order valence-electron chi connectivity index (χ0n) is 17.8. The highest BCUT2D eigenvalue weighted by Crippen LogP contribution is 2.35. The maximum atomic E-state index is 14.5. The minimum Gasteiger partial charge on any atom is -0.388 e. The van der Waals surface area contributed by atoms with Crippen molar-refractivity contribution in [2.45, 2.75) is 50.9 Å². The molecule has 2 aliphatic heterocycles. The number of pyridine rings is 1. The number of aromatic nitrogens is 1. The average molecular weight is 431 g/mol. The Morgan fingerprint density at radius 1 is 1.29 bits per heavy atom. The molecule has 0 saturated carbocycles. The predicted molar refractivity (Wildman–Crippen MR) is 111 cm³/mol. The topological polar surface area (TPSA) is 88.7 Å². The van der Waals surface area contributed by atoms with E-state index in [1.54, 1.807) is 0 Å². The van der Waals surface area contributed by atoms with Crippen molar-refractivity contribution in [2.24, 2.45) is 5.73 Å². The SMILES string of the molecule is CC1(C)C[C@](O)(CN2CCc3c(-c4ccc(F)cc4F)cc(C(N)=O)nc3C2)CCO1. The summed E-state index contributed by atoms with van der Waals surface area (Å²) < 4.78 is 33.7. The number of fused-ring (bicyclic) bond motifs is 1. The number of aliphatic hydroxyl groups is 1. The van der Waals surface area contributed by atoms with E-state index in [9.17, 15) is 18.7 Å². The summed E-state index contributed by atoms with van der Waals surface area (Å²) in [5.74, 6) is -2.09. The van der Waals surface area contributed by atoms with Gasteiger partial charge in [0.1, 0.15) is 17.3 Å². The first-order chi connectivity index (χ1) is 14.6. The molecule has 31 heavy (non-hydrogen) atoms. The molecular formula is C23H27F2N3O3. The van der Waals surface area contributed by atoms with E-state index < -0.39 is 28.7 Å². The van der Waals surface area contributed by atoms with Crippen LogP contribution >= 0.6 is 0 Å². The average Bonchev–Trinajstić information content (AvgIpc) is 2.65. The fourth-order valence-electron chi connectivity index (χ4n) is 4.80. The van der Waals surface area contributed by atoms with E-state index in [-0.39, 0.29) is 11.3 Å². The van der Waals surface area contributed by atoms with Gasteiger partial charge in [-0.1, -0.05) is 0 Å². The standard InChI is InChI=1S/C23H27F2N3O3/c1-22(2)12-23(30,6-8-31-22)13-28-7-5-16-17(15-4-3-14(24)9-18(15)25)10-19(21(26)29)27-20(16)11-28/h3-4,9-10,30H,5-8,11-13H2,1-2H3,(H2,26,29)/t23-/m0/s1. The van der Waals surface area contributed by atoms with Crippen molar-refractivity contribution >= 4 is 5.91 Å². The number of ether oxygens (including phenoxy) is 1. The highest BCUT2D eigenvalue weighted by atomic mass is 19.1. The zero-order valence-corrected chi connectivity index (χ0v) is 17.8. The summed E-state index contributed by atoms with van der Waals surface area (Å²) in [6.45, 7) is 5.91. The van der Waals surface area contributed by atoms with E-state index in [0.717, 1.165) is 11.6 Å². The fourth-order valence-corrected chi connectivity index (χ4v) is 4.80. The second-order valence-electron chi connectivity index (χ2n) is 9.19. The molecule has 166 valence electrons. The molecule has 1 amide bonds. The predicted octanol–water partition coefficient (Wildman–Crippen LogP) is 2.80. The van der Waals surface area contributed by atoms with E-state index in [2.05, 4.69) is 9.88 Å². The van der Waals surface area contributed by atoms with E-state index in [1.165, 1.54) is 18.2 Å². The number of rotatable bonds is 4. The molecule has 1 fully saturated rings. The van der Waals surface area contributed by atoms with Gasteiger partial charge in [0, 0.05) is 44.1 Å². The van der Waals surface area contributed by atoms with Crippen molar-refractivity contribution in [1.82, 2.24) is 9.88 Å². The smallest absolute Gasteiger partial charge is 0.267 e. The summed E-state index contributed by atoms with van der Waals surface area (Å²) in [6.07, 6.45) is 1.62.